The Morgan fingerprint density at radius 3 is 1.67 bits per heavy atom. The van der Waals surface area contributed by atoms with Crippen LogP contribution in [-0.4, -0.2) is 52.7 Å². The Morgan fingerprint density at radius 2 is 1.21 bits per heavy atom. The number of carbonyl (C=O) groups excluding carboxylic acids is 1. The molecule has 6 heteroatoms. The summed E-state index contributed by atoms with van der Waals surface area (Å²) in [5, 5.41) is 0. The summed E-state index contributed by atoms with van der Waals surface area (Å²) in [7, 11) is 8.88. The maximum Gasteiger partial charge on any atom is 0.168 e. The first-order valence-electron chi connectivity index (χ1n) is 10.6. The van der Waals surface area contributed by atoms with Crippen LogP contribution < -0.4 is 14.2 Å². The molecule has 3 aromatic rings. The molecule has 0 radical (unpaired) electrons. The number of benzene rings is 3. The van der Waals surface area contributed by atoms with E-state index < -0.39 is 0 Å². The Hall–Kier alpha value is -3.02. The van der Waals surface area contributed by atoms with Crippen LogP contribution in [0.4, 0.5) is 0 Å². The molecule has 1 atom stereocenters. The van der Waals surface area contributed by atoms with Gasteiger partial charge >= 0.3 is 0 Å². The summed E-state index contributed by atoms with van der Waals surface area (Å²) in [5.74, 6) is 1.71. The van der Waals surface area contributed by atoms with Gasteiger partial charge in [0, 0.05) is 23.9 Å². The summed E-state index contributed by atoms with van der Waals surface area (Å²) in [6.07, 6.45) is 0. The molecule has 176 valence electrons. The van der Waals surface area contributed by atoms with E-state index in [1.165, 1.54) is 0 Å². The summed E-state index contributed by atoms with van der Waals surface area (Å²) >= 11 is 0. The summed E-state index contributed by atoms with van der Waals surface area (Å²) in [4.78, 5) is 16.0. The molecule has 0 N–H and O–H groups in total. The summed E-state index contributed by atoms with van der Waals surface area (Å²) in [6, 6.07) is 23.2. The molecule has 0 aliphatic carbocycles. The number of methoxy groups -OCH3 is 3. The van der Waals surface area contributed by atoms with Gasteiger partial charge in [-0.1, -0.05) is 36.4 Å². The minimum atomic E-state index is -0.337. The molecule has 0 saturated heterocycles. The Morgan fingerprint density at radius 1 is 0.758 bits per heavy atom. The van der Waals surface area contributed by atoms with E-state index in [9.17, 15) is 4.79 Å². The van der Waals surface area contributed by atoms with Crippen LogP contribution in [0.2, 0.25) is 0 Å². The zero-order chi connectivity index (χ0) is 23.1. The van der Waals surface area contributed by atoms with Gasteiger partial charge in [0.05, 0.1) is 21.3 Å². The lowest BCUT2D eigenvalue weighted by atomic mass is 9.76. The SMILES string of the molecule is COc1cccc(C(=O)C(CN(C)C)C(c2cccc(OC)c2)c2cccc(OC)c2)c1.Cl. The molecule has 0 bridgehead atoms. The molecule has 0 aliphatic rings. The number of nitrogens with zero attached hydrogens (tertiary/aromatic N) is 1. The Bertz CT molecular complexity index is 1010. The highest BCUT2D eigenvalue weighted by Gasteiger charge is 2.33. The largest absolute Gasteiger partial charge is 0.497 e. The quantitative estimate of drug-likeness (QED) is 0.376. The monoisotopic (exact) mass is 469 g/mol. The minimum absolute atomic E-state index is 0. The van der Waals surface area contributed by atoms with Crippen molar-refractivity contribution in [3.05, 3.63) is 89.5 Å². The number of ketones is 1. The Kier molecular flexibility index (Phi) is 9.76. The molecular weight excluding hydrogens is 438 g/mol. The van der Waals surface area contributed by atoms with Crippen molar-refractivity contribution < 1.29 is 19.0 Å². The highest BCUT2D eigenvalue weighted by Crippen LogP contribution is 2.37. The molecule has 0 aliphatic heterocycles. The van der Waals surface area contributed by atoms with Crippen LogP contribution in [0.3, 0.4) is 0 Å². The van der Waals surface area contributed by atoms with Crippen molar-refractivity contribution in [1.82, 2.24) is 4.90 Å². The second-order valence-electron chi connectivity index (χ2n) is 8.00. The maximum absolute atomic E-state index is 13.9. The predicted molar refractivity (Wildman–Crippen MR) is 134 cm³/mol. The number of carbonyl (C=O) groups is 1. The fourth-order valence-corrected chi connectivity index (χ4v) is 4.05. The van der Waals surface area contributed by atoms with E-state index >= 15 is 0 Å². The van der Waals surface area contributed by atoms with Crippen LogP contribution in [0.15, 0.2) is 72.8 Å². The lowest BCUT2D eigenvalue weighted by Gasteiger charge is -2.30. The average Bonchev–Trinajstić information content (AvgIpc) is 2.83. The molecule has 5 nitrogen and oxygen atoms in total. The van der Waals surface area contributed by atoms with E-state index in [4.69, 9.17) is 14.2 Å². The zero-order valence-electron chi connectivity index (χ0n) is 19.8. The molecule has 0 saturated carbocycles. The van der Waals surface area contributed by atoms with Gasteiger partial charge in [0.1, 0.15) is 17.2 Å². The summed E-state index contributed by atoms with van der Waals surface area (Å²) in [5.41, 5.74) is 2.66. The van der Waals surface area contributed by atoms with Gasteiger partial charge < -0.3 is 19.1 Å². The van der Waals surface area contributed by atoms with E-state index in [0.717, 1.165) is 22.6 Å². The molecule has 3 aromatic carbocycles. The number of Topliss-reactive ketones (excluding diaryl/α,β-unsaturated/α-hetero) is 1. The van der Waals surface area contributed by atoms with E-state index in [1.54, 1.807) is 27.4 Å². The van der Waals surface area contributed by atoms with Crippen molar-refractivity contribution in [1.29, 1.82) is 0 Å². The maximum atomic E-state index is 13.9. The van der Waals surface area contributed by atoms with Gasteiger partial charge in [-0.2, -0.15) is 0 Å². The Labute approximate surface area is 202 Å². The first-order valence-corrected chi connectivity index (χ1v) is 10.6. The molecular formula is C27H32ClNO4. The van der Waals surface area contributed by atoms with Gasteiger partial charge in [0.15, 0.2) is 5.78 Å². The second-order valence-corrected chi connectivity index (χ2v) is 8.00. The van der Waals surface area contributed by atoms with Gasteiger partial charge in [0.2, 0.25) is 0 Å². The predicted octanol–water partition coefficient (Wildman–Crippen LogP) is 5.33. The first-order chi connectivity index (χ1) is 15.5. The molecule has 0 heterocycles. The fourth-order valence-electron chi connectivity index (χ4n) is 4.05. The van der Waals surface area contributed by atoms with Crippen LogP contribution in [0.5, 0.6) is 17.2 Å². The van der Waals surface area contributed by atoms with E-state index in [1.807, 2.05) is 80.8 Å². The number of rotatable bonds is 10. The lowest BCUT2D eigenvalue weighted by molar-refractivity contribution is 0.0882. The number of halogens is 1. The third-order valence-electron chi connectivity index (χ3n) is 5.56. The second kappa shape index (κ2) is 12.3. The molecule has 33 heavy (non-hydrogen) atoms. The smallest absolute Gasteiger partial charge is 0.168 e. The van der Waals surface area contributed by atoms with Crippen LogP contribution in [0.1, 0.15) is 27.4 Å². The van der Waals surface area contributed by atoms with Crippen LogP contribution in [0, 0.1) is 5.92 Å². The molecule has 0 spiro atoms. The van der Waals surface area contributed by atoms with Gasteiger partial charge in [-0.3, -0.25) is 4.79 Å². The van der Waals surface area contributed by atoms with Crippen LogP contribution >= 0.6 is 12.4 Å². The Balaban J connectivity index is 0.00000385. The van der Waals surface area contributed by atoms with Crippen molar-refractivity contribution in [2.24, 2.45) is 5.92 Å². The van der Waals surface area contributed by atoms with Gasteiger partial charge in [0.25, 0.3) is 0 Å². The van der Waals surface area contributed by atoms with E-state index in [2.05, 4.69) is 4.90 Å². The normalized spacial score (nSPS) is 11.6. The third kappa shape index (κ3) is 6.50. The number of hydrogen-bond donors (Lipinski definition) is 0. The topological polar surface area (TPSA) is 48.0 Å². The molecule has 1 unspecified atom stereocenters. The first kappa shape index (κ1) is 26.2. The minimum Gasteiger partial charge on any atom is -0.497 e. The van der Waals surface area contributed by atoms with Gasteiger partial charge in [-0.25, -0.2) is 0 Å². The van der Waals surface area contributed by atoms with Gasteiger partial charge in [-0.05, 0) is 61.6 Å². The number of hydrogen-bond acceptors (Lipinski definition) is 5. The highest BCUT2D eigenvalue weighted by atomic mass is 35.5. The molecule has 0 aromatic heterocycles. The van der Waals surface area contributed by atoms with Crippen molar-refractivity contribution in [3.8, 4) is 17.2 Å². The van der Waals surface area contributed by atoms with Crippen LogP contribution in [-0.2, 0) is 0 Å². The summed E-state index contributed by atoms with van der Waals surface area (Å²) < 4.78 is 16.3. The standard InChI is InChI=1S/C27H31NO4.ClH/c1-28(2)18-25(27(29)21-11-8-14-24(17-21)32-5)26(19-9-6-12-22(15-19)30-3)20-10-7-13-23(16-20)31-4;/h6-17,25-26H,18H2,1-5H3;1H. The highest BCUT2D eigenvalue weighted by molar-refractivity contribution is 5.99. The molecule has 0 amide bonds. The van der Waals surface area contributed by atoms with Crippen molar-refractivity contribution >= 4 is 18.2 Å². The van der Waals surface area contributed by atoms with Crippen molar-refractivity contribution in [3.63, 3.8) is 0 Å². The fraction of sp³-hybridized carbons (Fsp3) is 0.296. The lowest BCUT2D eigenvalue weighted by Crippen LogP contribution is -2.33. The zero-order valence-corrected chi connectivity index (χ0v) is 20.6. The van der Waals surface area contributed by atoms with Crippen molar-refractivity contribution in [2.75, 3.05) is 42.0 Å². The average molecular weight is 470 g/mol. The molecule has 3 rings (SSSR count). The van der Waals surface area contributed by atoms with Crippen LogP contribution in [0.25, 0.3) is 0 Å². The summed E-state index contributed by atoms with van der Waals surface area (Å²) in [6.45, 7) is 0.579. The van der Waals surface area contributed by atoms with Crippen molar-refractivity contribution in [2.45, 2.75) is 5.92 Å². The molecule has 0 fully saturated rings. The third-order valence-corrected chi connectivity index (χ3v) is 5.56. The number of ether oxygens (including phenoxy) is 3. The van der Waals surface area contributed by atoms with E-state index in [-0.39, 0.29) is 30.0 Å². The van der Waals surface area contributed by atoms with E-state index in [0.29, 0.717) is 17.9 Å². The van der Waals surface area contributed by atoms with Gasteiger partial charge in [-0.15, -0.1) is 12.4 Å².